The standard InChI is InChI=1S/C24H21N3O3S2/c1-16-10-11-18(15-22(16)27-32(29,30)19-7-4-3-5-8-19)26-24(28)20-12-13-21(25-17(20)2)23-9-6-14-31-23/h3-15,27H,1-2H3,(H,26,28). The first kappa shape index (κ1) is 21.7. The summed E-state index contributed by atoms with van der Waals surface area (Å²) in [4.78, 5) is 18.6. The minimum atomic E-state index is -3.74. The molecule has 32 heavy (non-hydrogen) atoms. The van der Waals surface area contributed by atoms with Gasteiger partial charge in [-0.3, -0.25) is 14.5 Å². The zero-order chi connectivity index (χ0) is 22.7. The van der Waals surface area contributed by atoms with Crippen molar-refractivity contribution >= 4 is 38.6 Å². The molecular formula is C24H21N3O3S2. The fourth-order valence-corrected chi connectivity index (χ4v) is 5.01. The predicted molar refractivity (Wildman–Crippen MR) is 129 cm³/mol. The molecule has 0 spiro atoms. The van der Waals surface area contributed by atoms with Crippen molar-refractivity contribution in [3.8, 4) is 10.6 Å². The van der Waals surface area contributed by atoms with E-state index < -0.39 is 10.0 Å². The van der Waals surface area contributed by atoms with Crippen molar-refractivity contribution < 1.29 is 13.2 Å². The molecule has 8 heteroatoms. The number of sulfonamides is 1. The molecule has 0 saturated carbocycles. The first-order chi connectivity index (χ1) is 15.3. The van der Waals surface area contributed by atoms with E-state index in [-0.39, 0.29) is 10.8 Å². The van der Waals surface area contributed by atoms with Gasteiger partial charge in [-0.2, -0.15) is 0 Å². The van der Waals surface area contributed by atoms with Crippen molar-refractivity contribution in [2.45, 2.75) is 18.7 Å². The molecule has 2 aromatic carbocycles. The van der Waals surface area contributed by atoms with Gasteiger partial charge in [0.05, 0.1) is 32.4 Å². The maximum atomic E-state index is 12.8. The fourth-order valence-electron chi connectivity index (χ4n) is 3.17. The van der Waals surface area contributed by atoms with E-state index in [9.17, 15) is 13.2 Å². The minimum absolute atomic E-state index is 0.168. The molecule has 0 aliphatic rings. The van der Waals surface area contributed by atoms with Gasteiger partial charge in [0.1, 0.15) is 0 Å². The van der Waals surface area contributed by atoms with E-state index in [2.05, 4.69) is 15.0 Å². The van der Waals surface area contributed by atoms with Crippen LogP contribution in [-0.2, 0) is 10.0 Å². The Hall–Kier alpha value is -3.49. The van der Waals surface area contributed by atoms with Crippen LogP contribution in [0.3, 0.4) is 0 Å². The summed E-state index contributed by atoms with van der Waals surface area (Å²) in [5, 5.41) is 4.82. The Morgan fingerprint density at radius 2 is 1.72 bits per heavy atom. The Labute approximate surface area is 191 Å². The summed E-state index contributed by atoms with van der Waals surface area (Å²) < 4.78 is 28.0. The predicted octanol–water partition coefficient (Wildman–Crippen LogP) is 5.48. The van der Waals surface area contributed by atoms with Crippen LogP contribution in [0, 0.1) is 13.8 Å². The molecule has 0 unspecified atom stereocenters. The first-order valence-electron chi connectivity index (χ1n) is 9.85. The average Bonchev–Trinajstić information content (AvgIpc) is 3.31. The van der Waals surface area contributed by atoms with E-state index in [1.54, 1.807) is 67.6 Å². The van der Waals surface area contributed by atoms with Crippen LogP contribution in [0.4, 0.5) is 11.4 Å². The lowest BCUT2D eigenvalue weighted by molar-refractivity contribution is 0.102. The van der Waals surface area contributed by atoms with Gasteiger partial charge in [0.15, 0.2) is 0 Å². The van der Waals surface area contributed by atoms with Gasteiger partial charge in [0.25, 0.3) is 15.9 Å². The van der Waals surface area contributed by atoms with Gasteiger partial charge in [-0.25, -0.2) is 8.42 Å². The molecule has 2 heterocycles. The molecule has 0 atom stereocenters. The number of rotatable bonds is 6. The Morgan fingerprint density at radius 1 is 0.938 bits per heavy atom. The molecule has 4 rings (SSSR count). The topological polar surface area (TPSA) is 88.2 Å². The Morgan fingerprint density at radius 3 is 2.41 bits per heavy atom. The fraction of sp³-hybridized carbons (Fsp3) is 0.0833. The van der Waals surface area contributed by atoms with E-state index in [4.69, 9.17) is 0 Å². The number of aromatic nitrogens is 1. The van der Waals surface area contributed by atoms with Gasteiger partial charge in [-0.15, -0.1) is 11.3 Å². The number of hydrogen-bond acceptors (Lipinski definition) is 5. The highest BCUT2D eigenvalue weighted by Crippen LogP contribution is 2.26. The SMILES string of the molecule is Cc1ccc(NC(=O)c2ccc(-c3cccs3)nc2C)cc1NS(=O)(=O)c1ccccc1. The van der Waals surface area contributed by atoms with Crippen LogP contribution >= 0.6 is 11.3 Å². The van der Waals surface area contributed by atoms with Crippen LogP contribution in [0.25, 0.3) is 10.6 Å². The van der Waals surface area contributed by atoms with Crippen LogP contribution in [-0.4, -0.2) is 19.3 Å². The molecule has 0 bridgehead atoms. The maximum Gasteiger partial charge on any atom is 0.261 e. The lowest BCUT2D eigenvalue weighted by Crippen LogP contribution is -2.16. The Bertz CT molecular complexity index is 1370. The number of benzene rings is 2. The van der Waals surface area contributed by atoms with Gasteiger partial charge < -0.3 is 5.32 Å². The highest BCUT2D eigenvalue weighted by molar-refractivity contribution is 7.92. The quantitative estimate of drug-likeness (QED) is 0.396. The highest BCUT2D eigenvalue weighted by Gasteiger charge is 2.16. The summed E-state index contributed by atoms with van der Waals surface area (Å²) in [5.41, 5.74) is 3.51. The number of hydrogen-bond donors (Lipinski definition) is 2. The number of nitrogens with zero attached hydrogens (tertiary/aromatic N) is 1. The van der Waals surface area contributed by atoms with Crippen molar-refractivity contribution in [1.29, 1.82) is 0 Å². The highest BCUT2D eigenvalue weighted by atomic mass is 32.2. The third-order valence-electron chi connectivity index (χ3n) is 4.90. The summed E-state index contributed by atoms with van der Waals surface area (Å²) in [5.74, 6) is -0.312. The van der Waals surface area contributed by atoms with Gasteiger partial charge in [0.2, 0.25) is 0 Å². The van der Waals surface area contributed by atoms with E-state index >= 15 is 0 Å². The van der Waals surface area contributed by atoms with Gasteiger partial charge in [-0.05, 0) is 67.3 Å². The van der Waals surface area contributed by atoms with Crippen molar-refractivity contribution in [2.24, 2.45) is 0 Å². The number of thiophene rings is 1. The molecule has 2 aromatic heterocycles. The Balaban J connectivity index is 1.55. The summed E-state index contributed by atoms with van der Waals surface area (Å²) in [6, 6.07) is 20.7. The lowest BCUT2D eigenvalue weighted by atomic mass is 10.1. The minimum Gasteiger partial charge on any atom is -0.322 e. The summed E-state index contributed by atoms with van der Waals surface area (Å²) in [6.07, 6.45) is 0. The monoisotopic (exact) mass is 463 g/mol. The maximum absolute atomic E-state index is 12.8. The normalized spacial score (nSPS) is 11.2. The van der Waals surface area contributed by atoms with Crippen LogP contribution in [0.2, 0.25) is 0 Å². The summed E-state index contributed by atoms with van der Waals surface area (Å²) in [6.45, 7) is 3.59. The van der Waals surface area contributed by atoms with E-state index in [0.717, 1.165) is 16.1 Å². The summed E-state index contributed by atoms with van der Waals surface area (Å²) in [7, 11) is -3.74. The molecule has 0 saturated heterocycles. The van der Waals surface area contributed by atoms with Crippen LogP contribution < -0.4 is 10.0 Å². The summed E-state index contributed by atoms with van der Waals surface area (Å²) >= 11 is 1.59. The second-order valence-electron chi connectivity index (χ2n) is 7.21. The lowest BCUT2D eigenvalue weighted by Gasteiger charge is -2.13. The van der Waals surface area contributed by atoms with E-state index in [0.29, 0.717) is 22.6 Å². The molecule has 6 nitrogen and oxygen atoms in total. The molecule has 2 N–H and O–H groups in total. The number of pyridine rings is 1. The number of aryl methyl sites for hydroxylation is 2. The van der Waals surface area contributed by atoms with E-state index in [1.807, 2.05) is 23.6 Å². The Kier molecular flexibility index (Phi) is 6.07. The molecule has 162 valence electrons. The molecular weight excluding hydrogens is 442 g/mol. The van der Waals surface area contributed by atoms with Gasteiger partial charge >= 0.3 is 0 Å². The molecule has 0 fully saturated rings. The second-order valence-corrected chi connectivity index (χ2v) is 9.84. The number of carbonyl (C=O) groups is 1. The van der Waals surface area contributed by atoms with Crippen molar-refractivity contribution in [2.75, 3.05) is 10.0 Å². The smallest absolute Gasteiger partial charge is 0.261 e. The third kappa shape index (κ3) is 4.71. The van der Waals surface area contributed by atoms with Gasteiger partial charge in [0, 0.05) is 5.69 Å². The van der Waals surface area contributed by atoms with Crippen molar-refractivity contribution in [3.63, 3.8) is 0 Å². The second kappa shape index (κ2) is 8.94. The number of carbonyl (C=O) groups excluding carboxylic acids is 1. The van der Waals surface area contributed by atoms with Crippen LogP contribution in [0.15, 0.2) is 83.1 Å². The molecule has 4 aromatic rings. The molecule has 1 amide bonds. The zero-order valence-corrected chi connectivity index (χ0v) is 19.1. The average molecular weight is 464 g/mol. The molecule has 0 radical (unpaired) electrons. The zero-order valence-electron chi connectivity index (χ0n) is 17.5. The number of anilines is 2. The van der Waals surface area contributed by atoms with Crippen molar-refractivity contribution in [1.82, 2.24) is 4.98 Å². The van der Waals surface area contributed by atoms with E-state index in [1.165, 1.54) is 12.1 Å². The largest absolute Gasteiger partial charge is 0.322 e. The third-order valence-corrected chi connectivity index (χ3v) is 7.17. The van der Waals surface area contributed by atoms with Crippen LogP contribution in [0.1, 0.15) is 21.6 Å². The number of nitrogens with one attached hydrogen (secondary N) is 2. The van der Waals surface area contributed by atoms with Crippen molar-refractivity contribution in [3.05, 3.63) is 95.0 Å². The molecule has 0 aliphatic heterocycles. The van der Waals surface area contributed by atoms with Gasteiger partial charge in [-0.1, -0.05) is 30.3 Å². The molecule has 0 aliphatic carbocycles. The number of amides is 1. The first-order valence-corrected chi connectivity index (χ1v) is 12.2. The van der Waals surface area contributed by atoms with Crippen LogP contribution in [0.5, 0.6) is 0 Å².